The third-order valence-corrected chi connectivity index (χ3v) is 5.50. The number of para-hydroxylation sites is 1. The SMILES string of the molecule is Cc1ccccc1N1CCCN(c2c(C(=O)O)cnc3c2c(C)nn3C)CC1. The molecule has 4 rings (SSSR count). The van der Waals surface area contributed by atoms with Crippen LogP contribution in [0, 0.1) is 13.8 Å². The van der Waals surface area contributed by atoms with Gasteiger partial charge in [0, 0.05) is 45.1 Å². The van der Waals surface area contributed by atoms with Gasteiger partial charge in [-0.1, -0.05) is 18.2 Å². The molecule has 0 spiro atoms. The van der Waals surface area contributed by atoms with E-state index in [1.807, 2.05) is 14.0 Å². The van der Waals surface area contributed by atoms with Crippen molar-refractivity contribution in [3.63, 3.8) is 0 Å². The van der Waals surface area contributed by atoms with Crippen LogP contribution in [0.15, 0.2) is 30.5 Å². The van der Waals surface area contributed by atoms with Crippen molar-refractivity contribution in [1.82, 2.24) is 14.8 Å². The molecule has 0 amide bonds. The largest absolute Gasteiger partial charge is 0.478 e. The summed E-state index contributed by atoms with van der Waals surface area (Å²) in [5.74, 6) is -0.951. The maximum absolute atomic E-state index is 11.9. The summed E-state index contributed by atoms with van der Waals surface area (Å²) < 4.78 is 1.72. The Hall–Kier alpha value is -3.09. The van der Waals surface area contributed by atoms with Gasteiger partial charge in [0.2, 0.25) is 0 Å². The molecule has 1 aliphatic rings. The van der Waals surface area contributed by atoms with Crippen LogP contribution in [0.2, 0.25) is 0 Å². The van der Waals surface area contributed by atoms with Gasteiger partial charge in [0.25, 0.3) is 0 Å². The van der Waals surface area contributed by atoms with Gasteiger partial charge in [-0.2, -0.15) is 5.10 Å². The Kier molecular flexibility index (Phi) is 4.66. The van der Waals surface area contributed by atoms with Crippen LogP contribution in [0.4, 0.5) is 11.4 Å². The average molecular weight is 379 g/mol. The molecule has 1 fully saturated rings. The van der Waals surface area contributed by atoms with Gasteiger partial charge >= 0.3 is 5.97 Å². The molecule has 1 N–H and O–H groups in total. The zero-order valence-electron chi connectivity index (χ0n) is 16.5. The quantitative estimate of drug-likeness (QED) is 0.754. The summed E-state index contributed by atoms with van der Waals surface area (Å²) in [4.78, 5) is 20.9. The summed E-state index contributed by atoms with van der Waals surface area (Å²) in [5.41, 5.74) is 5.03. The summed E-state index contributed by atoms with van der Waals surface area (Å²) in [6.07, 6.45) is 2.42. The number of rotatable bonds is 3. The highest BCUT2D eigenvalue weighted by Crippen LogP contribution is 2.33. The van der Waals surface area contributed by atoms with E-state index in [1.54, 1.807) is 4.68 Å². The van der Waals surface area contributed by atoms with Gasteiger partial charge in [-0.05, 0) is 31.9 Å². The lowest BCUT2D eigenvalue weighted by Crippen LogP contribution is -2.32. The molecule has 146 valence electrons. The van der Waals surface area contributed by atoms with Crippen LogP contribution in [0.1, 0.15) is 28.0 Å². The van der Waals surface area contributed by atoms with E-state index >= 15 is 0 Å². The topological polar surface area (TPSA) is 74.5 Å². The van der Waals surface area contributed by atoms with Crippen molar-refractivity contribution in [2.24, 2.45) is 7.05 Å². The lowest BCUT2D eigenvalue weighted by molar-refractivity contribution is 0.0697. The monoisotopic (exact) mass is 379 g/mol. The van der Waals surface area contributed by atoms with E-state index in [0.29, 0.717) is 0 Å². The third-order valence-electron chi connectivity index (χ3n) is 5.50. The Balaban J connectivity index is 1.73. The van der Waals surface area contributed by atoms with Crippen LogP contribution in [0.3, 0.4) is 0 Å². The van der Waals surface area contributed by atoms with Crippen molar-refractivity contribution >= 4 is 28.4 Å². The van der Waals surface area contributed by atoms with Crippen molar-refractivity contribution < 1.29 is 9.90 Å². The highest BCUT2D eigenvalue weighted by Gasteiger charge is 2.25. The number of aryl methyl sites for hydroxylation is 3. The van der Waals surface area contributed by atoms with Crippen LogP contribution in [0.25, 0.3) is 11.0 Å². The van der Waals surface area contributed by atoms with Crippen molar-refractivity contribution in [3.05, 3.63) is 47.3 Å². The zero-order chi connectivity index (χ0) is 19.8. The number of aromatic nitrogens is 3. The number of hydrogen-bond acceptors (Lipinski definition) is 5. The number of benzene rings is 1. The van der Waals surface area contributed by atoms with Crippen molar-refractivity contribution in [1.29, 1.82) is 0 Å². The molecule has 0 atom stereocenters. The normalized spacial score (nSPS) is 15.1. The molecule has 0 bridgehead atoms. The first-order valence-corrected chi connectivity index (χ1v) is 9.58. The van der Waals surface area contributed by atoms with Crippen molar-refractivity contribution in [3.8, 4) is 0 Å². The Morgan fingerprint density at radius 1 is 1.07 bits per heavy atom. The van der Waals surface area contributed by atoms with Crippen molar-refractivity contribution in [2.75, 3.05) is 36.0 Å². The highest BCUT2D eigenvalue weighted by atomic mass is 16.4. The van der Waals surface area contributed by atoms with E-state index in [1.165, 1.54) is 17.4 Å². The number of hydrogen-bond donors (Lipinski definition) is 1. The Labute approximate surface area is 164 Å². The number of nitrogens with zero attached hydrogens (tertiary/aromatic N) is 5. The van der Waals surface area contributed by atoms with Gasteiger partial charge in [-0.3, -0.25) is 4.68 Å². The minimum absolute atomic E-state index is 0.243. The molecule has 7 nitrogen and oxygen atoms in total. The maximum atomic E-state index is 11.9. The minimum Gasteiger partial charge on any atom is -0.478 e. The van der Waals surface area contributed by atoms with Gasteiger partial charge < -0.3 is 14.9 Å². The number of carbonyl (C=O) groups is 1. The standard InChI is InChI=1S/C21H25N5O2/c1-14-7-4-5-8-17(14)25-9-6-10-26(12-11-25)19-16(21(27)28)13-22-20-18(19)15(2)23-24(20)3/h4-5,7-8,13H,6,9-12H2,1-3H3,(H,27,28). The van der Waals surface area contributed by atoms with E-state index in [0.717, 1.165) is 55.0 Å². The number of carboxylic acids is 1. The number of pyridine rings is 1. The van der Waals surface area contributed by atoms with Crippen molar-refractivity contribution in [2.45, 2.75) is 20.3 Å². The van der Waals surface area contributed by atoms with E-state index in [4.69, 9.17) is 0 Å². The molecular weight excluding hydrogens is 354 g/mol. The molecule has 3 heterocycles. The first-order chi connectivity index (χ1) is 13.5. The number of carboxylic acid groups (broad SMARTS) is 1. The first-order valence-electron chi connectivity index (χ1n) is 9.58. The Bertz CT molecular complexity index is 1040. The summed E-state index contributed by atoms with van der Waals surface area (Å²) in [6.45, 7) is 7.39. The fourth-order valence-corrected chi connectivity index (χ4v) is 4.18. The van der Waals surface area contributed by atoms with Gasteiger partial charge in [-0.25, -0.2) is 9.78 Å². The fourth-order valence-electron chi connectivity index (χ4n) is 4.18. The molecule has 1 aliphatic heterocycles. The minimum atomic E-state index is -0.951. The molecule has 2 aromatic heterocycles. The number of fused-ring (bicyclic) bond motifs is 1. The Morgan fingerprint density at radius 2 is 1.79 bits per heavy atom. The molecule has 0 radical (unpaired) electrons. The van der Waals surface area contributed by atoms with Crippen LogP contribution < -0.4 is 9.80 Å². The predicted octanol–water partition coefficient (Wildman–Crippen LogP) is 3.00. The molecule has 0 saturated carbocycles. The second-order valence-corrected chi connectivity index (χ2v) is 7.35. The lowest BCUT2D eigenvalue weighted by atomic mass is 10.1. The summed E-state index contributed by atoms with van der Waals surface area (Å²) >= 11 is 0. The van der Waals surface area contributed by atoms with E-state index in [-0.39, 0.29) is 5.56 Å². The van der Waals surface area contributed by atoms with Gasteiger partial charge in [0.15, 0.2) is 5.65 Å². The smallest absolute Gasteiger partial charge is 0.339 e. The average Bonchev–Trinajstić information content (AvgIpc) is 2.85. The fraction of sp³-hybridized carbons (Fsp3) is 0.381. The molecular formula is C21H25N5O2. The van der Waals surface area contributed by atoms with Crippen LogP contribution in [-0.4, -0.2) is 52.0 Å². The van der Waals surface area contributed by atoms with Crippen LogP contribution >= 0.6 is 0 Å². The molecule has 7 heteroatoms. The predicted molar refractivity (Wildman–Crippen MR) is 110 cm³/mol. The lowest BCUT2D eigenvalue weighted by Gasteiger charge is -2.27. The highest BCUT2D eigenvalue weighted by molar-refractivity contribution is 6.04. The summed E-state index contributed by atoms with van der Waals surface area (Å²) in [6, 6.07) is 8.41. The molecule has 28 heavy (non-hydrogen) atoms. The second kappa shape index (κ2) is 7.14. The van der Waals surface area contributed by atoms with Crippen LogP contribution in [-0.2, 0) is 7.05 Å². The van der Waals surface area contributed by atoms with E-state index in [9.17, 15) is 9.90 Å². The maximum Gasteiger partial charge on any atom is 0.339 e. The van der Waals surface area contributed by atoms with E-state index < -0.39 is 5.97 Å². The second-order valence-electron chi connectivity index (χ2n) is 7.35. The zero-order valence-corrected chi connectivity index (χ0v) is 16.5. The van der Waals surface area contributed by atoms with Gasteiger partial charge in [0.05, 0.1) is 16.8 Å². The number of aromatic carboxylic acids is 1. The molecule has 0 aliphatic carbocycles. The first kappa shape index (κ1) is 18.3. The molecule has 3 aromatic rings. The molecule has 1 aromatic carbocycles. The van der Waals surface area contributed by atoms with Gasteiger partial charge in [0.1, 0.15) is 5.56 Å². The molecule has 0 unspecified atom stereocenters. The van der Waals surface area contributed by atoms with Gasteiger partial charge in [-0.15, -0.1) is 0 Å². The van der Waals surface area contributed by atoms with E-state index in [2.05, 4.69) is 51.1 Å². The van der Waals surface area contributed by atoms with Crippen LogP contribution in [0.5, 0.6) is 0 Å². The summed E-state index contributed by atoms with van der Waals surface area (Å²) in [7, 11) is 1.84. The summed E-state index contributed by atoms with van der Waals surface area (Å²) in [5, 5.41) is 15.1. The molecule has 1 saturated heterocycles. The third kappa shape index (κ3) is 3.06. The Morgan fingerprint density at radius 3 is 2.54 bits per heavy atom. The number of anilines is 2.